The molecule has 6 nitrogen and oxygen atoms in total. The van der Waals surface area contributed by atoms with Gasteiger partial charge in [0.25, 0.3) is 0 Å². The van der Waals surface area contributed by atoms with E-state index in [1.165, 1.54) is 18.2 Å². The number of ether oxygens (including phenoxy) is 1. The van der Waals surface area contributed by atoms with Crippen molar-refractivity contribution >= 4 is 40.9 Å². The van der Waals surface area contributed by atoms with Crippen LogP contribution < -0.4 is 10.6 Å². The Morgan fingerprint density at radius 2 is 1.81 bits per heavy atom. The Balaban J connectivity index is 1.75. The van der Waals surface area contributed by atoms with Crippen LogP contribution in [0.25, 0.3) is 5.70 Å². The number of esters is 1. The predicted octanol–water partition coefficient (Wildman–Crippen LogP) is 5.92. The zero-order valence-electron chi connectivity index (χ0n) is 20.8. The first-order valence-corrected chi connectivity index (χ1v) is 13.9. The Bertz CT molecular complexity index is 1250. The fourth-order valence-corrected chi connectivity index (χ4v) is 5.93. The van der Waals surface area contributed by atoms with Crippen LogP contribution in [-0.4, -0.2) is 30.3 Å². The van der Waals surface area contributed by atoms with Crippen LogP contribution in [-0.2, 0) is 14.3 Å². The summed E-state index contributed by atoms with van der Waals surface area (Å²) in [4.78, 5) is 26.2. The molecule has 1 aliphatic heterocycles. The summed E-state index contributed by atoms with van der Waals surface area (Å²) in [5.74, 6) is -1.20. The first-order chi connectivity index (χ1) is 18.0. The highest BCUT2D eigenvalue weighted by Crippen LogP contribution is 2.45. The van der Waals surface area contributed by atoms with Crippen LogP contribution in [0.2, 0.25) is 5.02 Å². The van der Waals surface area contributed by atoms with E-state index in [1.807, 2.05) is 42.5 Å². The monoisotopic (exact) mass is 535 g/mol. The van der Waals surface area contributed by atoms with Crippen LogP contribution in [0.3, 0.4) is 0 Å². The molecule has 0 aromatic heterocycles. The molecule has 4 rings (SSSR count). The van der Waals surface area contributed by atoms with Crippen molar-refractivity contribution < 1.29 is 14.3 Å². The molecule has 0 bridgehead atoms. The maximum Gasteiger partial charge on any atom is 0.337 e. The SMILES string of the molecule is CCOC(=O)C1=C(c2ccccc2)NC(SCC(=O)NC2CCCCC2)=C(C#N)[C@@H]1c1ccccc1Cl. The third-order valence-electron chi connectivity index (χ3n) is 6.54. The lowest BCUT2D eigenvalue weighted by Gasteiger charge is -2.31. The number of rotatable bonds is 8. The van der Waals surface area contributed by atoms with E-state index in [0.29, 0.717) is 32.5 Å². The fraction of sp³-hybridized carbons (Fsp3) is 0.345. The predicted molar refractivity (Wildman–Crippen MR) is 147 cm³/mol. The molecular weight excluding hydrogens is 506 g/mol. The van der Waals surface area contributed by atoms with Crippen molar-refractivity contribution in [3.8, 4) is 6.07 Å². The highest BCUT2D eigenvalue weighted by Gasteiger charge is 2.38. The summed E-state index contributed by atoms with van der Waals surface area (Å²) in [5.41, 5.74) is 2.57. The number of nitriles is 1. The Hall–Kier alpha value is -3.21. The third-order valence-corrected chi connectivity index (χ3v) is 7.90. The molecule has 1 fully saturated rings. The van der Waals surface area contributed by atoms with Gasteiger partial charge >= 0.3 is 5.97 Å². The van der Waals surface area contributed by atoms with Crippen molar-refractivity contribution in [3.05, 3.63) is 86.9 Å². The normalized spacial score (nSPS) is 18.1. The molecule has 8 heteroatoms. The lowest BCUT2D eigenvalue weighted by atomic mass is 9.81. The highest BCUT2D eigenvalue weighted by atomic mass is 35.5. The number of amides is 1. The number of halogens is 1. The molecule has 0 radical (unpaired) electrons. The molecule has 1 atom stereocenters. The van der Waals surface area contributed by atoms with Gasteiger partial charge in [0.2, 0.25) is 5.91 Å². The Kier molecular flexibility index (Phi) is 9.32. The summed E-state index contributed by atoms with van der Waals surface area (Å²) in [6, 6.07) is 19.1. The molecule has 1 saturated carbocycles. The van der Waals surface area contributed by atoms with E-state index in [1.54, 1.807) is 19.1 Å². The smallest absolute Gasteiger partial charge is 0.337 e. The zero-order chi connectivity index (χ0) is 26.2. The minimum absolute atomic E-state index is 0.0702. The van der Waals surface area contributed by atoms with Gasteiger partial charge in [-0.3, -0.25) is 4.79 Å². The second-order valence-corrected chi connectivity index (χ2v) is 10.4. The van der Waals surface area contributed by atoms with Gasteiger partial charge in [0.15, 0.2) is 0 Å². The first-order valence-electron chi connectivity index (χ1n) is 12.6. The molecule has 0 saturated heterocycles. The minimum Gasteiger partial charge on any atom is -0.463 e. The van der Waals surface area contributed by atoms with Gasteiger partial charge in [-0.1, -0.05) is 91.2 Å². The molecule has 2 N–H and O–H groups in total. The molecular formula is C29H30ClN3O3S. The first kappa shape index (κ1) is 26.8. The van der Waals surface area contributed by atoms with Crippen LogP contribution in [0.4, 0.5) is 0 Å². The van der Waals surface area contributed by atoms with E-state index in [0.717, 1.165) is 31.2 Å². The summed E-state index contributed by atoms with van der Waals surface area (Å²) < 4.78 is 5.45. The van der Waals surface area contributed by atoms with Crippen molar-refractivity contribution in [1.82, 2.24) is 10.6 Å². The Labute approximate surface area is 227 Å². The number of carbonyl (C=O) groups excluding carboxylic acids is 2. The van der Waals surface area contributed by atoms with Crippen LogP contribution in [0.5, 0.6) is 0 Å². The van der Waals surface area contributed by atoms with E-state index < -0.39 is 11.9 Å². The molecule has 2 aliphatic rings. The average molecular weight is 536 g/mol. The largest absolute Gasteiger partial charge is 0.463 e. The van der Waals surface area contributed by atoms with Crippen molar-refractivity contribution in [2.24, 2.45) is 0 Å². The third kappa shape index (κ3) is 6.38. The van der Waals surface area contributed by atoms with Gasteiger partial charge in [-0.05, 0) is 37.0 Å². The summed E-state index contributed by atoms with van der Waals surface area (Å²) in [5, 5.41) is 17.7. The average Bonchev–Trinajstić information content (AvgIpc) is 2.92. The molecule has 1 aliphatic carbocycles. The van der Waals surface area contributed by atoms with Gasteiger partial charge in [0.1, 0.15) is 0 Å². The number of dihydropyridines is 1. The van der Waals surface area contributed by atoms with Gasteiger partial charge in [-0.15, -0.1) is 0 Å². The van der Waals surface area contributed by atoms with E-state index in [2.05, 4.69) is 16.7 Å². The second-order valence-electron chi connectivity index (χ2n) is 9.00. The lowest BCUT2D eigenvalue weighted by Crippen LogP contribution is -2.37. The van der Waals surface area contributed by atoms with Crippen molar-refractivity contribution in [1.29, 1.82) is 5.26 Å². The number of hydrogen-bond donors (Lipinski definition) is 2. The van der Waals surface area contributed by atoms with Crippen LogP contribution in [0, 0.1) is 11.3 Å². The summed E-state index contributed by atoms with van der Waals surface area (Å²) in [6.45, 7) is 1.93. The number of nitrogens with zero attached hydrogens (tertiary/aromatic N) is 1. The molecule has 1 amide bonds. The summed E-state index contributed by atoms with van der Waals surface area (Å²) >= 11 is 7.87. The van der Waals surface area contributed by atoms with Crippen LogP contribution >= 0.6 is 23.4 Å². The van der Waals surface area contributed by atoms with E-state index in [9.17, 15) is 14.9 Å². The van der Waals surface area contributed by atoms with E-state index >= 15 is 0 Å². The Morgan fingerprint density at radius 3 is 2.49 bits per heavy atom. The van der Waals surface area contributed by atoms with Crippen LogP contribution in [0.1, 0.15) is 56.1 Å². The van der Waals surface area contributed by atoms with Crippen molar-refractivity contribution in [2.75, 3.05) is 12.4 Å². The van der Waals surface area contributed by atoms with Gasteiger partial charge in [-0.25, -0.2) is 4.79 Å². The standard InChI is InChI=1S/C29H30ClN3O3S/c1-2-36-29(35)26-25(21-15-9-10-16-23(21)30)22(17-31)28(33-27(26)19-11-5-3-6-12-19)37-18-24(34)32-20-13-7-4-8-14-20/h3,5-6,9-12,15-16,20,25,33H,2,4,7-8,13-14,18H2,1H3,(H,32,34)/t25-/m0/s1. The molecule has 0 unspecified atom stereocenters. The molecule has 0 spiro atoms. The molecule has 2 aromatic carbocycles. The Morgan fingerprint density at radius 1 is 1.11 bits per heavy atom. The quantitative estimate of drug-likeness (QED) is 0.408. The maximum atomic E-state index is 13.4. The lowest BCUT2D eigenvalue weighted by molar-refractivity contribution is -0.138. The zero-order valence-corrected chi connectivity index (χ0v) is 22.3. The van der Waals surface area contributed by atoms with Gasteiger partial charge in [0, 0.05) is 11.1 Å². The minimum atomic E-state index is -0.752. The number of thioether (sulfide) groups is 1. The summed E-state index contributed by atoms with van der Waals surface area (Å²) in [6.07, 6.45) is 5.47. The number of benzene rings is 2. The van der Waals surface area contributed by atoms with Crippen molar-refractivity contribution in [3.63, 3.8) is 0 Å². The number of nitrogens with one attached hydrogen (secondary N) is 2. The molecule has 192 valence electrons. The number of hydrogen-bond acceptors (Lipinski definition) is 6. The second kappa shape index (κ2) is 12.8. The van der Waals surface area contributed by atoms with E-state index in [-0.39, 0.29) is 24.3 Å². The molecule has 2 aromatic rings. The summed E-state index contributed by atoms with van der Waals surface area (Å²) in [7, 11) is 0. The van der Waals surface area contributed by atoms with Gasteiger partial charge < -0.3 is 15.4 Å². The number of carbonyl (C=O) groups is 2. The number of allylic oxidation sites excluding steroid dienone is 1. The van der Waals surface area contributed by atoms with Crippen LogP contribution in [0.15, 0.2) is 70.8 Å². The van der Waals surface area contributed by atoms with Gasteiger partial charge in [-0.2, -0.15) is 5.26 Å². The maximum absolute atomic E-state index is 13.4. The fourth-order valence-electron chi connectivity index (χ4n) is 4.83. The van der Waals surface area contributed by atoms with Crippen molar-refractivity contribution in [2.45, 2.75) is 51.0 Å². The van der Waals surface area contributed by atoms with Gasteiger partial charge in [0.05, 0.1) is 46.2 Å². The molecule has 1 heterocycles. The van der Waals surface area contributed by atoms with E-state index in [4.69, 9.17) is 16.3 Å². The topological polar surface area (TPSA) is 91.2 Å². The molecule has 37 heavy (non-hydrogen) atoms. The highest BCUT2D eigenvalue weighted by molar-refractivity contribution is 8.03.